The van der Waals surface area contributed by atoms with E-state index in [0.29, 0.717) is 26.3 Å². The van der Waals surface area contributed by atoms with E-state index in [0.717, 1.165) is 10.8 Å². The number of sulfonamides is 1. The Morgan fingerprint density at radius 3 is 2.74 bits per heavy atom. The molecule has 0 atom stereocenters. The van der Waals surface area contributed by atoms with Crippen molar-refractivity contribution < 1.29 is 13.2 Å². The van der Waals surface area contributed by atoms with Gasteiger partial charge >= 0.3 is 0 Å². The molecular weight excluding hydrogens is 284 g/mol. The van der Waals surface area contributed by atoms with E-state index in [-0.39, 0.29) is 4.90 Å². The van der Waals surface area contributed by atoms with Gasteiger partial charge in [-0.15, -0.1) is 18.3 Å². The average molecular weight is 300 g/mol. The van der Waals surface area contributed by atoms with Crippen LogP contribution in [-0.2, 0) is 14.8 Å². The second kappa shape index (κ2) is 6.51. The van der Waals surface area contributed by atoms with Crippen LogP contribution in [0.25, 0.3) is 0 Å². The maximum atomic E-state index is 12.3. The summed E-state index contributed by atoms with van der Waals surface area (Å²) in [4.78, 5) is 4.39. The molecule has 1 fully saturated rings. The quantitative estimate of drug-likeness (QED) is 0.607. The van der Waals surface area contributed by atoms with E-state index in [1.807, 2.05) is 0 Å². The summed E-state index contributed by atoms with van der Waals surface area (Å²) in [5, 5.41) is 0.792. The van der Waals surface area contributed by atoms with Crippen LogP contribution in [0.15, 0.2) is 40.9 Å². The van der Waals surface area contributed by atoms with Gasteiger partial charge in [-0.05, 0) is 12.1 Å². The van der Waals surface area contributed by atoms with Crippen molar-refractivity contribution in [2.24, 2.45) is 0 Å². The lowest BCUT2D eigenvalue weighted by Crippen LogP contribution is -2.40. The van der Waals surface area contributed by atoms with Gasteiger partial charge in [0.05, 0.1) is 18.2 Å². The molecule has 1 aromatic rings. The van der Waals surface area contributed by atoms with Gasteiger partial charge in [0.2, 0.25) is 10.0 Å². The highest BCUT2D eigenvalue weighted by Crippen LogP contribution is 2.20. The highest BCUT2D eigenvalue weighted by Gasteiger charge is 2.26. The lowest BCUT2D eigenvalue weighted by molar-refractivity contribution is 0.0730. The Morgan fingerprint density at radius 1 is 1.42 bits per heavy atom. The second-order valence-corrected chi connectivity index (χ2v) is 6.93. The number of thioether (sulfide) groups is 1. The Morgan fingerprint density at radius 2 is 2.16 bits per heavy atom. The minimum atomic E-state index is -3.44. The Hall–Kier alpha value is -0.890. The molecule has 104 valence electrons. The van der Waals surface area contributed by atoms with Crippen molar-refractivity contribution in [3.8, 4) is 0 Å². The van der Waals surface area contributed by atoms with Crippen molar-refractivity contribution in [2.45, 2.75) is 9.92 Å². The first-order chi connectivity index (χ1) is 9.14. The van der Waals surface area contributed by atoms with E-state index in [2.05, 4.69) is 11.6 Å². The third-order valence-electron chi connectivity index (χ3n) is 2.67. The molecule has 0 aromatic carbocycles. The normalized spacial score (nSPS) is 17.3. The van der Waals surface area contributed by atoms with Crippen molar-refractivity contribution >= 4 is 21.8 Å². The van der Waals surface area contributed by atoms with Gasteiger partial charge in [-0.1, -0.05) is 6.08 Å². The number of pyridine rings is 1. The minimum Gasteiger partial charge on any atom is -0.379 e. The number of ether oxygens (including phenoxy) is 1. The summed E-state index contributed by atoms with van der Waals surface area (Å²) in [6.07, 6.45) is 3.20. The first-order valence-electron chi connectivity index (χ1n) is 5.92. The standard InChI is InChI=1S/C12H16N2O3S2/c1-2-9-18-12-4-3-11(10-13-12)19(15,16)14-5-7-17-8-6-14/h2-4,10H,1,5-9H2. The van der Waals surface area contributed by atoms with E-state index >= 15 is 0 Å². The number of hydrogen-bond donors (Lipinski definition) is 0. The molecule has 0 aliphatic carbocycles. The predicted octanol–water partition coefficient (Wildman–Crippen LogP) is 1.38. The van der Waals surface area contributed by atoms with Crippen molar-refractivity contribution in [3.63, 3.8) is 0 Å². The van der Waals surface area contributed by atoms with E-state index < -0.39 is 10.0 Å². The maximum Gasteiger partial charge on any atom is 0.244 e. The predicted molar refractivity (Wildman–Crippen MR) is 74.7 cm³/mol. The largest absolute Gasteiger partial charge is 0.379 e. The van der Waals surface area contributed by atoms with Crippen LogP contribution in [0.3, 0.4) is 0 Å². The first kappa shape index (κ1) is 14.5. The Kier molecular flexibility index (Phi) is 4.98. The van der Waals surface area contributed by atoms with Crippen molar-refractivity contribution in [1.29, 1.82) is 0 Å². The summed E-state index contributed by atoms with van der Waals surface area (Å²) in [6.45, 7) is 5.32. The molecule has 1 aromatic heterocycles. The van der Waals surface area contributed by atoms with Crippen LogP contribution in [-0.4, -0.2) is 49.8 Å². The number of aromatic nitrogens is 1. The number of rotatable bonds is 5. The van der Waals surface area contributed by atoms with Gasteiger partial charge in [0, 0.05) is 25.0 Å². The van der Waals surface area contributed by atoms with Crippen LogP contribution in [0.5, 0.6) is 0 Å². The molecule has 0 amide bonds. The van der Waals surface area contributed by atoms with E-state index in [1.165, 1.54) is 22.3 Å². The number of nitrogens with zero attached hydrogens (tertiary/aromatic N) is 2. The molecule has 1 aliphatic heterocycles. The summed E-state index contributed by atoms with van der Waals surface area (Å²) in [5.74, 6) is 0.753. The molecule has 0 N–H and O–H groups in total. The maximum absolute atomic E-state index is 12.3. The lowest BCUT2D eigenvalue weighted by Gasteiger charge is -2.25. The lowest BCUT2D eigenvalue weighted by atomic mass is 10.5. The molecule has 5 nitrogen and oxygen atoms in total. The third kappa shape index (κ3) is 3.56. The molecule has 2 heterocycles. The highest BCUT2D eigenvalue weighted by atomic mass is 32.2. The van der Waals surface area contributed by atoms with Crippen molar-refractivity contribution in [2.75, 3.05) is 32.1 Å². The van der Waals surface area contributed by atoms with Crippen LogP contribution in [0, 0.1) is 0 Å². The van der Waals surface area contributed by atoms with Crippen LogP contribution >= 0.6 is 11.8 Å². The summed E-state index contributed by atoms with van der Waals surface area (Å²) < 4.78 is 31.2. The number of morpholine rings is 1. The van der Waals surface area contributed by atoms with Gasteiger partial charge in [-0.3, -0.25) is 0 Å². The zero-order valence-electron chi connectivity index (χ0n) is 10.5. The van der Waals surface area contributed by atoms with Gasteiger partial charge in [0.1, 0.15) is 4.90 Å². The van der Waals surface area contributed by atoms with Crippen molar-refractivity contribution in [1.82, 2.24) is 9.29 Å². The van der Waals surface area contributed by atoms with Gasteiger partial charge in [0.25, 0.3) is 0 Å². The summed E-state index contributed by atoms with van der Waals surface area (Å²) >= 11 is 1.52. The fraction of sp³-hybridized carbons (Fsp3) is 0.417. The van der Waals surface area contributed by atoms with Gasteiger partial charge in [-0.25, -0.2) is 13.4 Å². The molecule has 0 radical (unpaired) electrons. The van der Waals surface area contributed by atoms with E-state index in [4.69, 9.17) is 4.74 Å². The SMILES string of the molecule is C=CCSc1ccc(S(=O)(=O)N2CCOCC2)cn1. The molecule has 0 spiro atoms. The molecule has 0 saturated carbocycles. The minimum absolute atomic E-state index is 0.234. The Balaban J connectivity index is 2.13. The van der Waals surface area contributed by atoms with Crippen molar-refractivity contribution in [3.05, 3.63) is 31.0 Å². The third-order valence-corrected chi connectivity index (χ3v) is 5.49. The smallest absolute Gasteiger partial charge is 0.244 e. The van der Waals surface area contributed by atoms with Crippen LogP contribution in [0.4, 0.5) is 0 Å². The molecule has 1 aliphatic rings. The summed E-state index contributed by atoms with van der Waals surface area (Å²) in [7, 11) is -3.44. The number of hydrogen-bond acceptors (Lipinski definition) is 5. The zero-order chi connectivity index (χ0) is 13.7. The molecule has 2 rings (SSSR count). The molecule has 0 bridgehead atoms. The topological polar surface area (TPSA) is 59.5 Å². The van der Waals surface area contributed by atoms with Crippen LogP contribution in [0.2, 0.25) is 0 Å². The molecule has 7 heteroatoms. The zero-order valence-corrected chi connectivity index (χ0v) is 12.1. The van der Waals surface area contributed by atoms with Crippen LogP contribution in [0.1, 0.15) is 0 Å². The first-order valence-corrected chi connectivity index (χ1v) is 8.35. The van der Waals surface area contributed by atoms with Gasteiger partial charge < -0.3 is 4.74 Å². The Labute approximate surface area is 117 Å². The Bertz CT molecular complexity index is 522. The van der Waals surface area contributed by atoms with E-state index in [9.17, 15) is 8.42 Å². The highest BCUT2D eigenvalue weighted by molar-refractivity contribution is 7.99. The summed E-state index contributed by atoms with van der Waals surface area (Å²) in [6, 6.07) is 3.32. The van der Waals surface area contributed by atoms with Crippen LogP contribution < -0.4 is 0 Å². The van der Waals surface area contributed by atoms with Gasteiger partial charge in [0.15, 0.2) is 0 Å². The molecule has 0 unspecified atom stereocenters. The average Bonchev–Trinajstić information content (AvgIpc) is 2.46. The molecule has 19 heavy (non-hydrogen) atoms. The second-order valence-electron chi connectivity index (χ2n) is 3.95. The fourth-order valence-corrected chi connectivity index (χ4v) is 3.62. The monoisotopic (exact) mass is 300 g/mol. The molecule has 1 saturated heterocycles. The summed E-state index contributed by atoms with van der Waals surface area (Å²) in [5.41, 5.74) is 0. The van der Waals surface area contributed by atoms with Gasteiger partial charge in [-0.2, -0.15) is 4.31 Å². The fourth-order valence-electron chi connectivity index (χ4n) is 1.69. The van der Waals surface area contributed by atoms with E-state index in [1.54, 1.807) is 18.2 Å². The molecular formula is C12H16N2O3S2.